The summed E-state index contributed by atoms with van der Waals surface area (Å²) in [6.45, 7) is 0.589. The Balaban J connectivity index is 2.23. The summed E-state index contributed by atoms with van der Waals surface area (Å²) in [4.78, 5) is 10.6. The largest absolute Gasteiger partial charge is 0.475 e. The molecule has 0 amide bonds. The Bertz CT molecular complexity index is 548. The molecule has 0 radical (unpaired) electrons. The number of furan rings is 1. The van der Waals surface area contributed by atoms with E-state index in [1.807, 2.05) is 0 Å². The first kappa shape index (κ1) is 13.1. The molecule has 0 spiro atoms. The van der Waals surface area contributed by atoms with Crippen LogP contribution >= 0.6 is 0 Å². The molecule has 100 valence electrons. The topological polar surface area (TPSA) is 97.0 Å². The van der Waals surface area contributed by atoms with Crippen molar-refractivity contribution in [1.29, 1.82) is 0 Å². The molecule has 2 heterocycles. The minimum atomic E-state index is -3.77. The molecule has 2 rings (SSSR count). The van der Waals surface area contributed by atoms with Crippen LogP contribution in [0.15, 0.2) is 21.6 Å². The summed E-state index contributed by atoms with van der Waals surface area (Å²) in [5.74, 6) is -1.69. The van der Waals surface area contributed by atoms with Crippen molar-refractivity contribution in [2.45, 2.75) is 17.6 Å². The number of carboxylic acid groups (broad SMARTS) is 1. The van der Waals surface area contributed by atoms with Crippen LogP contribution in [0.5, 0.6) is 0 Å². The number of sulfonamides is 1. The molecule has 1 unspecified atom stereocenters. The van der Waals surface area contributed by atoms with Crippen LogP contribution in [0.4, 0.5) is 0 Å². The van der Waals surface area contributed by atoms with E-state index < -0.39 is 21.8 Å². The minimum Gasteiger partial charge on any atom is -0.475 e. The highest BCUT2D eigenvalue weighted by Gasteiger charge is 2.34. The number of nitrogens with zero attached hydrogens (tertiary/aromatic N) is 1. The standard InChI is InChI=1S/C10H13NO6S/c1-16-7-4-5-11(6-7)18(14,15)9-3-2-8(17-9)10(12)13/h2-3,7H,4-6H2,1H3,(H,12,13). The van der Waals surface area contributed by atoms with Gasteiger partial charge in [0.15, 0.2) is 0 Å². The van der Waals surface area contributed by atoms with Crippen LogP contribution in [0.2, 0.25) is 0 Å². The van der Waals surface area contributed by atoms with Gasteiger partial charge in [0.1, 0.15) is 0 Å². The van der Waals surface area contributed by atoms with Gasteiger partial charge in [-0.05, 0) is 18.6 Å². The summed E-state index contributed by atoms with van der Waals surface area (Å²) in [7, 11) is -2.25. The number of rotatable bonds is 4. The summed E-state index contributed by atoms with van der Waals surface area (Å²) < 4.78 is 35.4. The van der Waals surface area contributed by atoms with E-state index in [2.05, 4.69) is 0 Å². The lowest BCUT2D eigenvalue weighted by Crippen LogP contribution is -2.29. The fourth-order valence-electron chi connectivity index (χ4n) is 1.81. The van der Waals surface area contributed by atoms with Crippen LogP contribution in [0.25, 0.3) is 0 Å². The van der Waals surface area contributed by atoms with Gasteiger partial charge >= 0.3 is 5.97 Å². The van der Waals surface area contributed by atoms with Crippen LogP contribution in [0, 0.1) is 0 Å². The quantitative estimate of drug-likeness (QED) is 0.853. The van der Waals surface area contributed by atoms with Gasteiger partial charge in [0, 0.05) is 20.2 Å². The van der Waals surface area contributed by atoms with Crippen molar-refractivity contribution in [3.63, 3.8) is 0 Å². The lowest BCUT2D eigenvalue weighted by atomic mass is 10.3. The average molecular weight is 275 g/mol. The normalized spacial score (nSPS) is 21.3. The Morgan fingerprint density at radius 2 is 2.28 bits per heavy atom. The van der Waals surface area contributed by atoms with E-state index in [4.69, 9.17) is 14.3 Å². The third-order valence-corrected chi connectivity index (χ3v) is 4.57. The molecule has 1 aromatic rings. The monoisotopic (exact) mass is 275 g/mol. The minimum absolute atomic E-state index is 0.131. The van der Waals surface area contributed by atoms with E-state index in [1.165, 1.54) is 11.4 Å². The Labute approximate surface area is 104 Å². The highest BCUT2D eigenvalue weighted by atomic mass is 32.2. The zero-order chi connectivity index (χ0) is 13.3. The predicted molar refractivity (Wildman–Crippen MR) is 59.8 cm³/mol. The molecule has 7 nitrogen and oxygen atoms in total. The Kier molecular flexibility index (Phi) is 3.42. The molecule has 18 heavy (non-hydrogen) atoms. The van der Waals surface area contributed by atoms with Crippen molar-refractivity contribution in [2.24, 2.45) is 0 Å². The molecule has 0 aromatic carbocycles. The smallest absolute Gasteiger partial charge is 0.371 e. The predicted octanol–water partition coefficient (Wildman–Crippen LogP) is 0.387. The summed E-state index contributed by atoms with van der Waals surface area (Å²) in [5, 5.41) is 8.34. The first-order valence-electron chi connectivity index (χ1n) is 5.31. The van der Waals surface area contributed by atoms with E-state index in [0.717, 1.165) is 12.1 Å². The van der Waals surface area contributed by atoms with Gasteiger partial charge in [0.2, 0.25) is 10.9 Å². The number of carboxylic acids is 1. The maximum atomic E-state index is 12.1. The molecule has 8 heteroatoms. The fourth-order valence-corrected chi connectivity index (χ4v) is 3.21. The number of methoxy groups -OCH3 is 1. The van der Waals surface area contributed by atoms with Gasteiger partial charge in [0.05, 0.1) is 6.10 Å². The molecule has 1 saturated heterocycles. The third-order valence-electron chi connectivity index (χ3n) is 2.83. The second-order valence-corrected chi connectivity index (χ2v) is 5.80. The third kappa shape index (κ3) is 2.26. The maximum Gasteiger partial charge on any atom is 0.371 e. The fraction of sp³-hybridized carbons (Fsp3) is 0.500. The highest BCUT2D eigenvalue weighted by molar-refractivity contribution is 7.89. The van der Waals surface area contributed by atoms with Crippen molar-refractivity contribution < 1.29 is 27.5 Å². The first-order valence-corrected chi connectivity index (χ1v) is 6.75. The van der Waals surface area contributed by atoms with Crippen LogP contribution in [0.1, 0.15) is 17.0 Å². The van der Waals surface area contributed by atoms with E-state index >= 15 is 0 Å². The Hall–Kier alpha value is -1.38. The Morgan fingerprint density at radius 3 is 2.78 bits per heavy atom. The van der Waals surface area contributed by atoms with Gasteiger partial charge in [0.25, 0.3) is 10.0 Å². The van der Waals surface area contributed by atoms with Crippen molar-refractivity contribution in [3.05, 3.63) is 17.9 Å². The molecular formula is C10H13NO6S. The number of aromatic carboxylic acids is 1. The van der Waals surface area contributed by atoms with Crippen molar-refractivity contribution >= 4 is 16.0 Å². The second kappa shape index (κ2) is 4.71. The molecule has 1 atom stereocenters. The first-order chi connectivity index (χ1) is 8.45. The average Bonchev–Trinajstić information content (AvgIpc) is 2.98. The van der Waals surface area contributed by atoms with Gasteiger partial charge in [-0.15, -0.1) is 0 Å². The molecule has 1 aliphatic heterocycles. The Morgan fingerprint density at radius 1 is 1.56 bits per heavy atom. The van der Waals surface area contributed by atoms with Crippen molar-refractivity contribution in [2.75, 3.05) is 20.2 Å². The van der Waals surface area contributed by atoms with Crippen LogP contribution in [-0.4, -0.2) is 50.1 Å². The molecule has 0 saturated carbocycles. The highest BCUT2D eigenvalue weighted by Crippen LogP contribution is 2.23. The zero-order valence-corrected chi connectivity index (χ0v) is 10.5. The number of hydrogen-bond acceptors (Lipinski definition) is 5. The maximum absolute atomic E-state index is 12.1. The van der Waals surface area contributed by atoms with Gasteiger partial charge in [-0.1, -0.05) is 0 Å². The van der Waals surface area contributed by atoms with E-state index in [0.29, 0.717) is 13.0 Å². The van der Waals surface area contributed by atoms with Crippen LogP contribution < -0.4 is 0 Å². The number of carbonyl (C=O) groups is 1. The number of ether oxygens (including phenoxy) is 1. The second-order valence-electron chi connectivity index (χ2n) is 3.93. The van der Waals surface area contributed by atoms with Crippen molar-refractivity contribution in [3.8, 4) is 0 Å². The van der Waals surface area contributed by atoms with Gasteiger partial charge in [-0.2, -0.15) is 4.31 Å². The molecule has 1 aromatic heterocycles. The summed E-state index contributed by atoms with van der Waals surface area (Å²) in [6.07, 6.45) is 0.482. The van der Waals surface area contributed by atoms with E-state index in [9.17, 15) is 13.2 Å². The molecule has 0 aliphatic carbocycles. The zero-order valence-electron chi connectivity index (χ0n) is 9.70. The van der Waals surface area contributed by atoms with Gasteiger partial charge < -0.3 is 14.3 Å². The SMILES string of the molecule is COC1CCN(S(=O)(=O)c2ccc(C(=O)O)o2)C1. The summed E-state index contributed by atoms with van der Waals surface area (Å²) in [5.41, 5.74) is 0. The molecule has 1 aliphatic rings. The van der Waals surface area contributed by atoms with Crippen molar-refractivity contribution in [1.82, 2.24) is 4.31 Å². The van der Waals surface area contributed by atoms with E-state index in [-0.39, 0.29) is 17.7 Å². The lowest BCUT2D eigenvalue weighted by molar-refractivity contribution is 0.0656. The number of hydrogen-bond donors (Lipinski definition) is 1. The van der Waals surface area contributed by atoms with Crippen LogP contribution in [-0.2, 0) is 14.8 Å². The van der Waals surface area contributed by atoms with Gasteiger partial charge in [-0.3, -0.25) is 0 Å². The summed E-state index contributed by atoms with van der Waals surface area (Å²) >= 11 is 0. The van der Waals surface area contributed by atoms with E-state index in [1.54, 1.807) is 0 Å². The van der Waals surface area contributed by atoms with Crippen LogP contribution in [0.3, 0.4) is 0 Å². The molecule has 0 bridgehead atoms. The summed E-state index contributed by atoms with van der Waals surface area (Å²) in [6, 6.07) is 2.28. The molecule has 1 fully saturated rings. The molecule has 1 N–H and O–H groups in total. The molecular weight excluding hydrogens is 262 g/mol. The lowest BCUT2D eigenvalue weighted by Gasteiger charge is -2.13. The van der Waals surface area contributed by atoms with Gasteiger partial charge in [-0.25, -0.2) is 13.2 Å².